The summed E-state index contributed by atoms with van der Waals surface area (Å²) in [5, 5.41) is 0.627. The lowest BCUT2D eigenvalue weighted by Gasteiger charge is -2.24. The zero-order valence-electron chi connectivity index (χ0n) is 25.0. The highest BCUT2D eigenvalue weighted by molar-refractivity contribution is 5.96. The number of hydrogen-bond acceptors (Lipinski definition) is 2. The Morgan fingerprint density at radius 1 is 0.738 bits per heavy atom. The normalized spacial score (nSPS) is 12.5. The third-order valence-corrected chi connectivity index (χ3v) is 8.23. The quantitative estimate of drug-likeness (QED) is 0.194. The van der Waals surface area contributed by atoms with Gasteiger partial charge in [0.15, 0.2) is 0 Å². The second-order valence-electron chi connectivity index (χ2n) is 12.1. The molecule has 0 bridgehead atoms. The first kappa shape index (κ1) is 27.9. The van der Waals surface area contributed by atoms with Crippen LogP contribution in [0.1, 0.15) is 70.1 Å². The van der Waals surface area contributed by atoms with Crippen LogP contribution in [0.2, 0.25) is 0 Å². The maximum absolute atomic E-state index is 15.2. The molecule has 0 saturated heterocycles. The van der Waals surface area contributed by atoms with Crippen molar-refractivity contribution in [1.29, 1.82) is 0 Å². The van der Waals surface area contributed by atoms with E-state index in [4.69, 9.17) is 9.40 Å². The summed E-state index contributed by atoms with van der Waals surface area (Å²) in [5.74, 6) is -2.69. The first-order valence-electron chi connectivity index (χ1n) is 14.7. The number of furan rings is 1. The van der Waals surface area contributed by atoms with Crippen LogP contribution in [0.5, 0.6) is 0 Å². The van der Waals surface area contributed by atoms with Crippen LogP contribution in [-0.2, 0) is 5.92 Å². The number of aromatic nitrogens is 2. The van der Waals surface area contributed by atoms with Gasteiger partial charge in [-0.1, -0.05) is 84.0 Å². The molecule has 0 aliphatic heterocycles. The fourth-order valence-electron chi connectivity index (χ4n) is 5.79. The van der Waals surface area contributed by atoms with Crippen molar-refractivity contribution in [2.45, 2.75) is 59.3 Å². The van der Waals surface area contributed by atoms with Gasteiger partial charge in [-0.05, 0) is 76.6 Å². The highest BCUT2D eigenvalue weighted by atomic mass is 19.3. The Balaban J connectivity index is 1.68. The summed E-state index contributed by atoms with van der Waals surface area (Å²) in [6.07, 6.45) is 1.65. The number of nitrogens with zero attached hydrogens (tertiary/aromatic N) is 2. The molecular weight excluding hydrogens is 526 g/mol. The minimum Gasteiger partial charge on any atom is -0.464 e. The number of fused-ring (bicyclic) bond motifs is 2. The Kier molecular flexibility index (Phi) is 7.00. The van der Waals surface area contributed by atoms with Gasteiger partial charge >= 0.3 is 0 Å². The minimum atomic E-state index is -2.97. The molecule has 0 radical (unpaired) electrons. The second kappa shape index (κ2) is 10.5. The van der Waals surface area contributed by atoms with Crippen molar-refractivity contribution in [3.8, 4) is 28.2 Å². The van der Waals surface area contributed by atoms with E-state index in [0.717, 1.165) is 16.7 Å². The van der Waals surface area contributed by atoms with Crippen LogP contribution in [0.3, 0.4) is 0 Å². The summed E-state index contributed by atoms with van der Waals surface area (Å²) >= 11 is 0. The predicted octanol–water partition coefficient (Wildman–Crippen LogP) is 11.1. The average molecular weight is 563 g/mol. The second-order valence-corrected chi connectivity index (χ2v) is 12.1. The first-order chi connectivity index (χ1) is 20.1. The van der Waals surface area contributed by atoms with Crippen LogP contribution < -0.4 is 0 Å². The highest BCUT2D eigenvalue weighted by Gasteiger charge is 2.36. The molecule has 0 atom stereocenters. The number of rotatable bonds is 7. The first-order valence-corrected chi connectivity index (χ1v) is 14.7. The number of hydrogen-bond donors (Lipinski definition) is 0. The van der Waals surface area contributed by atoms with Crippen molar-refractivity contribution in [1.82, 2.24) is 9.55 Å². The SMILES string of the molecule is CC(C)c1cc(-c2ccccc2)cc(C(C)C)c1-n1c(-c2coc3ccc(C(F)(F)C(C)C)cc23)nc2ccccc21. The van der Waals surface area contributed by atoms with Crippen molar-refractivity contribution < 1.29 is 13.2 Å². The van der Waals surface area contributed by atoms with Gasteiger partial charge in [-0.15, -0.1) is 0 Å². The molecule has 0 aliphatic carbocycles. The molecule has 0 aliphatic rings. The largest absolute Gasteiger partial charge is 0.464 e. The molecular formula is C37H36F2N2O. The topological polar surface area (TPSA) is 31.0 Å². The van der Waals surface area contributed by atoms with Gasteiger partial charge in [0.25, 0.3) is 5.92 Å². The molecule has 0 N–H and O–H groups in total. The molecule has 4 aromatic carbocycles. The third kappa shape index (κ3) is 4.61. The number of halogens is 2. The van der Waals surface area contributed by atoms with E-state index >= 15 is 8.78 Å². The lowest BCUT2D eigenvalue weighted by atomic mass is 9.88. The van der Waals surface area contributed by atoms with Gasteiger partial charge < -0.3 is 4.42 Å². The van der Waals surface area contributed by atoms with Gasteiger partial charge in [0, 0.05) is 16.9 Å². The summed E-state index contributed by atoms with van der Waals surface area (Å²) < 4.78 is 38.5. The van der Waals surface area contributed by atoms with Gasteiger partial charge in [-0.2, -0.15) is 0 Å². The lowest BCUT2D eigenvalue weighted by molar-refractivity contribution is -0.0512. The van der Waals surface area contributed by atoms with E-state index in [1.165, 1.54) is 28.3 Å². The van der Waals surface area contributed by atoms with E-state index in [-0.39, 0.29) is 17.4 Å². The van der Waals surface area contributed by atoms with Crippen LogP contribution >= 0.6 is 0 Å². The van der Waals surface area contributed by atoms with Crippen LogP contribution in [0.25, 0.3) is 50.2 Å². The van der Waals surface area contributed by atoms with Crippen LogP contribution in [-0.4, -0.2) is 9.55 Å². The minimum absolute atomic E-state index is 0.0201. The molecule has 0 fully saturated rings. The smallest absolute Gasteiger partial charge is 0.275 e. The van der Waals surface area contributed by atoms with Gasteiger partial charge in [0.1, 0.15) is 17.7 Å². The van der Waals surface area contributed by atoms with E-state index in [9.17, 15) is 0 Å². The molecule has 0 spiro atoms. The van der Waals surface area contributed by atoms with Gasteiger partial charge in [0.2, 0.25) is 0 Å². The molecule has 6 aromatic rings. The van der Waals surface area contributed by atoms with Crippen LogP contribution in [0, 0.1) is 5.92 Å². The summed E-state index contributed by atoms with van der Waals surface area (Å²) in [5.41, 5.74) is 8.85. The third-order valence-electron chi connectivity index (χ3n) is 8.23. The van der Waals surface area contributed by atoms with Crippen molar-refractivity contribution in [3.05, 3.63) is 108 Å². The monoisotopic (exact) mass is 562 g/mol. The molecule has 3 nitrogen and oxygen atoms in total. The molecule has 42 heavy (non-hydrogen) atoms. The van der Waals surface area contributed by atoms with Crippen molar-refractivity contribution in [2.24, 2.45) is 5.92 Å². The fourth-order valence-corrected chi connectivity index (χ4v) is 5.79. The Morgan fingerprint density at radius 3 is 2.02 bits per heavy atom. The number of alkyl halides is 2. The molecule has 0 amide bonds. The Labute approximate surface area is 245 Å². The molecule has 0 saturated carbocycles. The fraction of sp³-hybridized carbons (Fsp3) is 0.270. The van der Waals surface area contributed by atoms with Crippen LogP contribution in [0.4, 0.5) is 8.78 Å². The Morgan fingerprint density at radius 2 is 1.38 bits per heavy atom. The molecule has 0 unspecified atom stereocenters. The molecule has 6 rings (SSSR count). The number of imidazole rings is 1. The summed E-state index contributed by atoms with van der Waals surface area (Å²) in [4.78, 5) is 5.11. The lowest BCUT2D eigenvalue weighted by Crippen LogP contribution is -2.20. The van der Waals surface area contributed by atoms with E-state index in [0.29, 0.717) is 22.4 Å². The molecule has 5 heteroatoms. The molecule has 2 aromatic heterocycles. The molecule has 214 valence electrons. The zero-order chi connectivity index (χ0) is 29.8. The standard InChI is InChI=1S/C37H36F2N2O/c1-22(2)28-18-26(25-12-8-7-9-13-25)19-29(23(3)4)35(28)41-33-15-11-10-14-32(33)40-36(41)31-21-42-34-17-16-27(20-30(31)34)37(38,39)24(5)6/h7-24H,1-6H3. The zero-order valence-corrected chi connectivity index (χ0v) is 25.0. The van der Waals surface area contributed by atoms with E-state index in [1.807, 2.05) is 24.3 Å². The summed E-state index contributed by atoms with van der Waals surface area (Å²) in [6, 6.07) is 27.8. The van der Waals surface area contributed by atoms with Crippen molar-refractivity contribution in [2.75, 3.05) is 0 Å². The van der Waals surface area contributed by atoms with E-state index in [1.54, 1.807) is 32.2 Å². The number of benzene rings is 4. The number of para-hydroxylation sites is 2. The summed E-state index contributed by atoms with van der Waals surface area (Å²) in [6.45, 7) is 11.9. The predicted molar refractivity (Wildman–Crippen MR) is 169 cm³/mol. The average Bonchev–Trinajstić information content (AvgIpc) is 3.57. The van der Waals surface area contributed by atoms with Gasteiger partial charge in [-0.25, -0.2) is 13.8 Å². The maximum Gasteiger partial charge on any atom is 0.275 e. The van der Waals surface area contributed by atoms with Crippen molar-refractivity contribution >= 4 is 22.0 Å². The molecule has 2 heterocycles. The maximum atomic E-state index is 15.2. The van der Waals surface area contributed by atoms with Gasteiger partial charge in [0.05, 0.1) is 22.3 Å². The highest BCUT2D eigenvalue weighted by Crippen LogP contribution is 2.43. The van der Waals surface area contributed by atoms with E-state index in [2.05, 4.69) is 74.7 Å². The summed E-state index contributed by atoms with van der Waals surface area (Å²) in [7, 11) is 0. The Bertz CT molecular complexity index is 1870. The van der Waals surface area contributed by atoms with Crippen molar-refractivity contribution in [3.63, 3.8) is 0 Å². The van der Waals surface area contributed by atoms with Gasteiger partial charge in [-0.3, -0.25) is 4.57 Å². The Hall–Kier alpha value is -4.25. The van der Waals surface area contributed by atoms with E-state index < -0.39 is 11.8 Å². The van der Waals surface area contributed by atoms with Crippen LogP contribution in [0.15, 0.2) is 95.6 Å².